The van der Waals surface area contributed by atoms with E-state index < -0.39 is 0 Å². The number of rotatable bonds is 2. The molecule has 0 spiro atoms. The van der Waals surface area contributed by atoms with E-state index in [9.17, 15) is 4.79 Å². The Balaban J connectivity index is 0. The zero-order valence-electron chi connectivity index (χ0n) is 8.55. The predicted octanol–water partition coefficient (Wildman–Crippen LogP) is 0.887. The van der Waals surface area contributed by atoms with Crippen LogP contribution in [-0.2, 0) is 42.2 Å². The van der Waals surface area contributed by atoms with E-state index in [1.807, 2.05) is 34.9 Å². The summed E-state index contributed by atoms with van der Waals surface area (Å²) in [5, 5.41) is 0. The first-order chi connectivity index (χ1) is 4.81. The summed E-state index contributed by atoms with van der Waals surface area (Å²) in [6.45, 7) is 5.93. The van der Waals surface area contributed by atoms with Crippen LogP contribution in [0.2, 0.25) is 0 Å². The number of likely N-dealkylation sites (N-methyl/N-ethyl adjacent to an activating group) is 1. The molecule has 3 nitrogen and oxygen atoms in total. The van der Waals surface area contributed by atoms with Gasteiger partial charge in [0.25, 0.3) is 0 Å². The second kappa shape index (κ2) is 6.06. The summed E-state index contributed by atoms with van der Waals surface area (Å²) in [5.74, 6) is -0.178. The van der Waals surface area contributed by atoms with Crippen LogP contribution >= 0.6 is 0 Å². The van der Waals surface area contributed by atoms with Crippen molar-refractivity contribution in [1.82, 2.24) is 4.90 Å². The molecule has 0 aliphatic rings. The van der Waals surface area contributed by atoms with Crippen molar-refractivity contribution in [1.29, 1.82) is 0 Å². The number of esters is 1. The van der Waals surface area contributed by atoms with Crippen LogP contribution in [0, 0.1) is 0 Å². The molecular formula is C8H17NO2Y. The van der Waals surface area contributed by atoms with E-state index >= 15 is 0 Å². The Labute approximate surface area is 99.7 Å². The Morgan fingerprint density at radius 3 is 2.00 bits per heavy atom. The fourth-order valence-electron chi connectivity index (χ4n) is 0.632. The molecule has 0 aromatic heterocycles. The zero-order chi connectivity index (χ0) is 9.07. The van der Waals surface area contributed by atoms with E-state index in [0.29, 0.717) is 6.54 Å². The molecule has 1 radical (unpaired) electrons. The number of ether oxygens (including phenoxy) is 1. The van der Waals surface area contributed by atoms with Crippen molar-refractivity contribution in [2.45, 2.75) is 26.4 Å². The van der Waals surface area contributed by atoms with Gasteiger partial charge in [-0.2, -0.15) is 0 Å². The summed E-state index contributed by atoms with van der Waals surface area (Å²) >= 11 is 0. The molecule has 12 heavy (non-hydrogen) atoms. The Bertz CT molecular complexity index is 140. The molecule has 0 rings (SSSR count). The average molecular weight is 248 g/mol. The van der Waals surface area contributed by atoms with Crippen molar-refractivity contribution in [2.24, 2.45) is 0 Å². The molecular weight excluding hydrogens is 231 g/mol. The summed E-state index contributed by atoms with van der Waals surface area (Å²) < 4.78 is 5.07. The second-order valence-corrected chi connectivity index (χ2v) is 3.82. The number of nitrogens with zero attached hydrogens (tertiary/aromatic N) is 1. The molecule has 0 aliphatic heterocycles. The van der Waals surface area contributed by atoms with Gasteiger partial charge in [0.1, 0.15) is 5.60 Å². The minimum Gasteiger partial charge on any atom is -0.459 e. The molecule has 0 heterocycles. The summed E-state index contributed by atoms with van der Waals surface area (Å²) in [6.07, 6.45) is 0. The maximum Gasteiger partial charge on any atom is 0.320 e. The second-order valence-electron chi connectivity index (χ2n) is 3.82. The molecule has 0 bridgehead atoms. The van der Waals surface area contributed by atoms with Crippen molar-refractivity contribution in [2.75, 3.05) is 20.6 Å². The van der Waals surface area contributed by atoms with E-state index in [2.05, 4.69) is 0 Å². The number of carbonyl (C=O) groups is 1. The SMILES string of the molecule is CN(C)CC(=O)OC(C)(C)C.[Y]. The van der Waals surface area contributed by atoms with Crippen LogP contribution < -0.4 is 0 Å². The normalized spacial score (nSPS) is 10.8. The van der Waals surface area contributed by atoms with Gasteiger partial charge in [-0.3, -0.25) is 9.69 Å². The fourth-order valence-corrected chi connectivity index (χ4v) is 0.632. The van der Waals surface area contributed by atoms with Crippen molar-refractivity contribution in [3.8, 4) is 0 Å². The fraction of sp³-hybridized carbons (Fsp3) is 0.875. The van der Waals surface area contributed by atoms with Gasteiger partial charge < -0.3 is 4.74 Å². The molecule has 0 unspecified atom stereocenters. The van der Waals surface area contributed by atoms with Gasteiger partial charge in [0.05, 0.1) is 6.54 Å². The third kappa shape index (κ3) is 10.5. The van der Waals surface area contributed by atoms with E-state index in [1.165, 1.54) is 0 Å². The Morgan fingerprint density at radius 2 is 1.75 bits per heavy atom. The van der Waals surface area contributed by atoms with E-state index in [0.717, 1.165) is 0 Å². The summed E-state index contributed by atoms with van der Waals surface area (Å²) in [6, 6.07) is 0. The van der Waals surface area contributed by atoms with Gasteiger partial charge in [-0.1, -0.05) is 0 Å². The zero-order valence-corrected chi connectivity index (χ0v) is 11.4. The molecule has 0 amide bonds. The molecule has 0 N–H and O–H groups in total. The first kappa shape index (κ1) is 15.0. The van der Waals surface area contributed by atoms with Gasteiger partial charge >= 0.3 is 5.97 Å². The summed E-state index contributed by atoms with van der Waals surface area (Å²) in [5.41, 5.74) is -0.368. The van der Waals surface area contributed by atoms with Crippen molar-refractivity contribution >= 4 is 5.97 Å². The third-order valence-corrected chi connectivity index (χ3v) is 0.865. The number of hydrogen-bond donors (Lipinski definition) is 0. The Kier molecular flexibility index (Phi) is 7.59. The standard InChI is InChI=1S/C8H17NO2.Y/c1-8(2,3)11-7(10)6-9(4)5;/h6H2,1-5H3;. The Morgan fingerprint density at radius 1 is 1.33 bits per heavy atom. The van der Waals surface area contributed by atoms with Crippen LogP contribution in [0.3, 0.4) is 0 Å². The molecule has 0 saturated carbocycles. The van der Waals surface area contributed by atoms with Gasteiger partial charge in [-0.25, -0.2) is 0 Å². The molecule has 69 valence electrons. The van der Waals surface area contributed by atoms with Crippen LogP contribution in [-0.4, -0.2) is 37.1 Å². The van der Waals surface area contributed by atoms with Gasteiger partial charge in [0.15, 0.2) is 0 Å². The van der Waals surface area contributed by atoms with Crippen LogP contribution in [0.15, 0.2) is 0 Å². The van der Waals surface area contributed by atoms with Crippen molar-refractivity contribution in [3.63, 3.8) is 0 Å². The van der Waals surface area contributed by atoms with Crippen LogP contribution in [0.1, 0.15) is 20.8 Å². The molecule has 0 aliphatic carbocycles. The van der Waals surface area contributed by atoms with E-state index in [1.54, 1.807) is 4.90 Å². The topological polar surface area (TPSA) is 29.5 Å². The van der Waals surface area contributed by atoms with Crippen LogP contribution in [0.5, 0.6) is 0 Å². The average Bonchev–Trinajstić information content (AvgIpc) is 1.53. The quantitative estimate of drug-likeness (QED) is 0.679. The summed E-state index contributed by atoms with van der Waals surface area (Å²) in [7, 11) is 3.67. The predicted molar refractivity (Wildman–Crippen MR) is 44.4 cm³/mol. The van der Waals surface area contributed by atoms with Crippen molar-refractivity contribution in [3.05, 3.63) is 0 Å². The van der Waals surface area contributed by atoms with E-state index in [4.69, 9.17) is 4.74 Å². The van der Waals surface area contributed by atoms with Gasteiger partial charge in [-0.15, -0.1) is 0 Å². The molecule has 0 saturated heterocycles. The maximum atomic E-state index is 11.0. The largest absolute Gasteiger partial charge is 0.459 e. The molecule has 0 aromatic rings. The van der Waals surface area contributed by atoms with Crippen LogP contribution in [0.4, 0.5) is 0 Å². The molecule has 0 fully saturated rings. The minimum atomic E-state index is -0.368. The first-order valence-electron chi connectivity index (χ1n) is 3.68. The molecule has 4 heteroatoms. The molecule has 0 atom stereocenters. The number of carbonyl (C=O) groups excluding carboxylic acids is 1. The van der Waals surface area contributed by atoms with E-state index in [-0.39, 0.29) is 44.3 Å². The first-order valence-corrected chi connectivity index (χ1v) is 3.68. The van der Waals surface area contributed by atoms with Crippen molar-refractivity contribution < 1.29 is 42.2 Å². The number of hydrogen-bond acceptors (Lipinski definition) is 3. The van der Waals surface area contributed by atoms with Gasteiger partial charge in [-0.05, 0) is 34.9 Å². The third-order valence-electron chi connectivity index (χ3n) is 0.865. The van der Waals surface area contributed by atoms with Crippen LogP contribution in [0.25, 0.3) is 0 Å². The van der Waals surface area contributed by atoms with Gasteiger partial charge in [0.2, 0.25) is 0 Å². The minimum absolute atomic E-state index is 0. The molecule has 0 aromatic carbocycles. The monoisotopic (exact) mass is 248 g/mol. The Hall–Kier alpha value is 0.534. The summed E-state index contributed by atoms with van der Waals surface area (Å²) in [4.78, 5) is 12.8. The maximum absolute atomic E-state index is 11.0. The smallest absolute Gasteiger partial charge is 0.320 e. The van der Waals surface area contributed by atoms with Gasteiger partial charge in [0, 0.05) is 32.7 Å².